The van der Waals surface area contributed by atoms with Gasteiger partial charge in [-0.25, -0.2) is 0 Å². The van der Waals surface area contributed by atoms with Gasteiger partial charge in [0.1, 0.15) is 11.2 Å². The molecule has 4 heteroatoms. The maximum atomic E-state index is 10.6. The summed E-state index contributed by atoms with van der Waals surface area (Å²) in [6, 6.07) is 7.62. The van der Waals surface area contributed by atoms with Gasteiger partial charge in [-0.05, 0) is 75.6 Å². The second-order valence-electron chi connectivity index (χ2n) is 8.12. The molecule has 28 heavy (non-hydrogen) atoms. The number of aliphatic hydroxyl groups is 2. The van der Waals surface area contributed by atoms with E-state index in [4.69, 9.17) is 11.6 Å². The first-order chi connectivity index (χ1) is 13.5. The van der Waals surface area contributed by atoms with E-state index in [2.05, 4.69) is 28.6 Å². The van der Waals surface area contributed by atoms with Gasteiger partial charge in [-0.2, -0.15) is 0 Å². The topological polar surface area (TPSA) is 43.7 Å². The summed E-state index contributed by atoms with van der Waals surface area (Å²) in [6.07, 6.45) is 9.54. The number of rotatable bonds is 3. The van der Waals surface area contributed by atoms with Crippen LogP contribution in [0.5, 0.6) is 0 Å². The third-order valence-electron chi connectivity index (χ3n) is 5.74. The van der Waals surface area contributed by atoms with Crippen molar-refractivity contribution < 1.29 is 10.2 Å². The zero-order valence-electron chi connectivity index (χ0n) is 16.5. The molecular formula is C24H30ClNO2. The predicted octanol–water partition coefficient (Wildman–Crippen LogP) is 4.54. The Bertz CT molecular complexity index is 710. The molecule has 0 aliphatic heterocycles. The normalized spacial score (nSPS) is 20.2. The quantitative estimate of drug-likeness (QED) is 0.733. The van der Waals surface area contributed by atoms with Crippen molar-refractivity contribution in [1.29, 1.82) is 0 Å². The zero-order chi connectivity index (χ0) is 19.9. The van der Waals surface area contributed by atoms with Crippen LogP contribution in [0.2, 0.25) is 5.02 Å². The van der Waals surface area contributed by atoms with E-state index in [1.165, 1.54) is 12.8 Å². The molecule has 0 unspecified atom stereocenters. The molecule has 2 N–H and O–H groups in total. The van der Waals surface area contributed by atoms with Gasteiger partial charge >= 0.3 is 0 Å². The maximum absolute atomic E-state index is 10.6. The molecule has 0 amide bonds. The third kappa shape index (κ3) is 6.18. The second-order valence-corrected chi connectivity index (χ2v) is 8.56. The second kappa shape index (κ2) is 9.71. The van der Waals surface area contributed by atoms with Crippen LogP contribution in [-0.2, 0) is 0 Å². The monoisotopic (exact) mass is 399 g/mol. The summed E-state index contributed by atoms with van der Waals surface area (Å²) in [4.78, 5) is 2.06. The fourth-order valence-corrected chi connectivity index (χ4v) is 4.14. The fraction of sp³-hybridized carbons (Fsp3) is 0.583. The lowest BCUT2D eigenvalue weighted by molar-refractivity contribution is 0.0606. The Balaban J connectivity index is 1.70. The van der Waals surface area contributed by atoms with Gasteiger partial charge in [-0.15, -0.1) is 0 Å². The molecule has 2 aliphatic rings. The van der Waals surface area contributed by atoms with Crippen LogP contribution < -0.4 is 4.90 Å². The van der Waals surface area contributed by atoms with Gasteiger partial charge in [0.25, 0.3) is 0 Å². The molecule has 0 bridgehead atoms. The van der Waals surface area contributed by atoms with E-state index >= 15 is 0 Å². The highest BCUT2D eigenvalue weighted by molar-refractivity contribution is 6.30. The van der Waals surface area contributed by atoms with Crippen molar-refractivity contribution in [2.45, 2.75) is 75.4 Å². The van der Waals surface area contributed by atoms with Crippen LogP contribution in [0.25, 0.3) is 0 Å². The molecule has 2 aliphatic carbocycles. The van der Waals surface area contributed by atoms with Crippen LogP contribution >= 0.6 is 11.6 Å². The molecule has 0 saturated heterocycles. The summed E-state index contributed by atoms with van der Waals surface area (Å²) in [7, 11) is 0. The lowest BCUT2D eigenvalue weighted by atomic mass is 9.85. The Kier molecular flexibility index (Phi) is 7.30. The third-order valence-corrected chi connectivity index (χ3v) is 5.99. The van der Waals surface area contributed by atoms with Gasteiger partial charge in [0.2, 0.25) is 0 Å². The van der Waals surface area contributed by atoms with Gasteiger partial charge in [0.05, 0.1) is 13.1 Å². The highest BCUT2D eigenvalue weighted by atomic mass is 35.5. The summed E-state index contributed by atoms with van der Waals surface area (Å²) in [5.41, 5.74) is -0.695. The molecule has 0 atom stereocenters. The fourth-order valence-electron chi connectivity index (χ4n) is 4.01. The van der Waals surface area contributed by atoms with Crippen molar-refractivity contribution in [3.63, 3.8) is 0 Å². The number of hydrogen-bond donors (Lipinski definition) is 2. The van der Waals surface area contributed by atoms with E-state index in [1.807, 2.05) is 24.3 Å². The van der Waals surface area contributed by atoms with Crippen LogP contribution in [0.3, 0.4) is 0 Å². The van der Waals surface area contributed by atoms with E-state index in [0.29, 0.717) is 18.1 Å². The molecule has 3 nitrogen and oxygen atoms in total. The van der Waals surface area contributed by atoms with Crippen molar-refractivity contribution in [2.24, 2.45) is 0 Å². The molecule has 0 heterocycles. The van der Waals surface area contributed by atoms with Crippen molar-refractivity contribution in [3.8, 4) is 23.7 Å². The summed E-state index contributed by atoms with van der Waals surface area (Å²) in [6.45, 7) is 0.966. The Morgan fingerprint density at radius 3 is 1.61 bits per heavy atom. The van der Waals surface area contributed by atoms with E-state index < -0.39 is 11.2 Å². The molecule has 1 aromatic rings. The highest BCUT2D eigenvalue weighted by Gasteiger charge is 2.27. The molecule has 150 valence electrons. The Morgan fingerprint density at radius 1 is 0.750 bits per heavy atom. The van der Waals surface area contributed by atoms with Gasteiger partial charge < -0.3 is 15.1 Å². The molecule has 0 spiro atoms. The largest absolute Gasteiger partial charge is 0.378 e. The molecule has 2 saturated carbocycles. The number of hydrogen-bond acceptors (Lipinski definition) is 3. The summed E-state index contributed by atoms with van der Waals surface area (Å²) >= 11 is 6.02. The molecular weight excluding hydrogens is 370 g/mol. The van der Waals surface area contributed by atoms with E-state index in [-0.39, 0.29) is 0 Å². The van der Waals surface area contributed by atoms with Crippen LogP contribution in [0.15, 0.2) is 24.3 Å². The molecule has 1 aromatic carbocycles. The summed E-state index contributed by atoms with van der Waals surface area (Å²) < 4.78 is 0. The maximum Gasteiger partial charge on any atom is 0.125 e. The van der Waals surface area contributed by atoms with Gasteiger partial charge in [-0.1, -0.05) is 48.1 Å². The van der Waals surface area contributed by atoms with Gasteiger partial charge in [0, 0.05) is 10.7 Å². The first-order valence-electron chi connectivity index (χ1n) is 10.4. The lowest BCUT2D eigenvalue weighted by Gasteiger charge is -2.27. The Labute approximate surface area is 174 Å². The van der Waals surface area contributed by atoms with Crippen molar-refractivity contribution in [2.75, 3.05) is 18.0 Å². The first kappa shape index (κ1) is 21.1. The number of benzene rings is 1. The summed E-state index contributed by atoms with van der Waals surface area (Å²) in [5.74, 6) is 12.5. The standard InChI is InChI=1S/C24H30ClNO2/c25-21-9-11-22(12-10-21)26(19-7-17-23(27)13-3-1-4-14-23)20-8-18-24(28)15-5-2-6-16-24/h9-12,27-28H,1-6,13-16,19-20H2. The van der Waals surface area contributed by atoms with Crippen LogP contribution in [0, 0.1) is 23.7 Å². The van der Waals surface area contributed by atoms with Crippen molar-refractivity contribution >= 4 is 17.3 Å². The Morgan fingerprint density at radius 2 is 1.18 bits per heavy atom. The first-order valence-corrected chi connectivity index (χ1v) is 10.8. The molecule has 2 fully saturated rings. The van der Waals surface area contributed by atoms with E-state index in [0.717, 1.165) is 57.1 Å². The van der Waals surface area contributed by atoms with Gasteiger partial charge in [-0.3, -0.25) is 0 Å². The van der Waals surface area contributed by atoms with Crippen LogP contribution in [0.1, 0.15) is 64.2 Å². The highest BCUT2D eigenvalue weighted by Crippen LogP contribution is 2.28. The van der Waals surface area contributed by atoms with Crippen LogP contribution in [-0.4, -0.2) is 34.5 Å². The lowest BCUT2D eigenvalue weighted by Crippen LogP contribution is -2.31. The minimum atomic E-state index is -0.840. The average Bonchev–Trinajstić information content (AvgIpc) is 2.68. The van der Waals surface area contributed by atoms with Crippen LogP contribution in [0.4, 0.5) is 5.69 Å². The van der Waals surface area contributed by atoms with Crippen molar-refractivity contribution in [3.05, 3.63) is 29.3 Å². The van der Waals surface area contributed by atoms with Crippen molar-refractivity contribution in [1.82, 2.24) is 0 Å². The zero-order valence-corrected chi connectivity index (χ0v) is 17.3. The SMILES string of the molecule is OC1(C#CCN(CC#CC2(O)CCCCC2)c2ccc(Cl)cc2)CCCCC1. The van der Waals surface area contributed by atoms with E-state index in [1.54, 1.807) is 0 Å². The smallest absolute Gasteiger partial charge is 0.125 e. The molecule has 0 radical (unpaired) electrons. The number of nitrogens with zero attached hydrogens (tertiary/aromatic N) is 1. The molecule has 0 aromatic heterocycles. The van der Waals surface area contributed by atoms with Gasteiger partial charge in [0.15, 0.2) is 0 Å². The summed E-state index contributed by atoms with van der Waals surface area (Å²) in [5, 5.41) is 21.9. The molecule has 3 rings (SSSR count). The Hall–Kier alpha value is -1.65. The number of halogens is 1. The minimum absolute atomic E-state index is 0.483. The van der Waals surface area contributed by atoms with E-state index in [9.17, 15) is 10.2 Å². The minimum Gasteiger partial charge on any atom is -0.378 e. The predicted molar refractivity (Wildman–Crippen MR) is 115 cm³/mol. The average molecular weight is 400 g/mol. The number of anilines is 1.